The summed E-state index contributed by atoms with van der Waals surface area (Å²) in [6.45, 7) is 2.54. The molecule has 2 atom stereocenters. The van der Waals surface area contributed by atoms with E-state index in [1.54, 1.807) is 23.8 Å². The first kappa shape index (κ1) is 14.7. The zero-order chi connectivity index (χ0) is 16.0. The third-order valence-corrected chi connectivity index (χ3v) is 4.32. The Kier molecular flexibility index (Phi) is 3.50. The van der Waals surface area contributed by atoms with Crippen molar-refractivity contribution in [1.29, 1.82) is 0 Å². The fraction of sp³-hybridized carbons (Fsp3) is 0.467. The van der Waals surface area contributed by atoms with E-state index in [0.29, 0.717) is 13.1 Å². The minimum absolute atomic E-state index is 0.0000510. The Morgan fingerprint density at radius 1 is 1.23 bits per heavy atom. The van der Waals surface area contributed by atoms with Gasteiger partial charge in [-0.3, -0.25) is 4.79 Å². The van der Waals surface area contributed by atoms with Crippen LogP contribution in [0.3, 0.4) is 0 Å². The molecule has 2 fully saturated rings. The van der Waals surface area contributed by atoms with Crippen molar-refractivity contribution in [1.82, 2.24) is 14.7 Å². The van der Waals surface area contributed by atoms with Gasteiger partial charge in [-0.15, -0.1) is 0 Å². The summed E-state index contributed by atoms with van der Waals surface area (Å²) in [5.74, 6) is -1.19. The second-order valence-electron chi connectivity index (χ2n) is 5.85. The molecule has 2 saturated heterocycles. The summed E-state index contributed by atoms with van der Waals surface area (Å²) in [4.78, 5) is 29.1. The summed E-state index contributed by atoms with van der Waals surface area (Å²) in [5.41, 5.74) is 0.139. The van der Waals surface area contributed by atoms with Crippen molar-refractivity contribution >= 4 is 11.9 Å². The average Bonchev–Trinajstić information content (AvgIpc) is 2.77. The summed E-state index contributed by atoms with van der Waals surface area (Å²) in [7, 11) is 1.70. The highest BCUT2D eigenvalue weighted by molar-refractivity contribution is 5.89. The van der Waals surface area contributed by atoms with Crippen molar-refractivity contribution in [3.63, 3.8) is 0 Å². The number of carbonyl (C=O) groups excluding carboxylic acids is 2. The predicted molar refractivity (Wildman–Crippen MR) is 74.9 cm³/mol. The lowest BCUT2D eigenvalue weighted by molar-refractivity contribution is -0.139. The number of hydrogen-bond acceptors (Lipinski definition) is 2. The van der Waals surface area contributed by atoms with Crippen molar-refractivity contribution in [2.75, 3.05) is 20.1 Å². The van der Waals surface area contributed by atoms with Gasteiger partial charge in [0, 0.05) is 25.7 Å². The van der Waals surface area contributed by atoms with Crippen molar-refractivity contribution < 1.29 is 18.4 Å². The maximum absolute atomic E-state index is 13.7. The van der Waals surface area contributed by atoms with Crippen LogP contribution in [-0.4, -0.2) is 58.9 Å². The number of piperazine rings is 1. The number of nitrogens with zero attached hydrogens (tertiary/aromatic N) is 3. The molecular weight excluding hydrogens is 292 g/mol. The molecule has 0 spiro atoms. The Balaban J connectivity index is 1.81. The molecule has 2 aliphatic heterocycles. The fourth-order valence-electron chi connectivity index (χ4n) is 3.21. The Morgan fingerprint density at radius 3 is 2.68 bits per heavy atom. The number of fused-ring (bicyclic) bond motifs is 1. The van der Waals surface area contributed by atoms with Crippen LogP contribution in [0.5, 0.6) is 0 Å². The van der Waals surface area contributed by atoms with Gasteiger partial charge in [0.25, 0.3) is 0 Å². The normalized spacial score (nSPS) is 25.0. The Hall–Kier alpha value is -2.18. The first-order valence-corrected chi connectivity index (χ1v) is 7.14. The molecule has 5 nitrogen and oxygen atoms in total. The van der Waals surface area contributed by atoms with E-state index in [1.807, 2.05) is 0 Å². The molecule has 0 aromatic heterocycles. The maximum atomic E-state index is 13.7. The SMILES string of the molecule is C[C@H]1C(=O)N(C)C[C@@H]2CN(Cc3cc(F)ccc3F)C(=O)N21. The zero-order valence-electron chi connectivity index (χ0n) is 12.4. The molecule has 7 heteroatoms. The molecule has 22 heavy (non-hydrogen) atoms. The summed E-state index contributed by atoms with van der Waals surface area (Å²) >= 11 is 0. The van der Waals surface area contributed by atoms with Crippen molar-refractivity contribution in [2.24, 2.45) is 0 Å². The van der Waals surface area contributed by atoms with Crippen molar-refractivity contribution in [3.05, 3.63) is 35.4 Å². The Labute approximate surface area is 127 Å². The van der Waals surface area contributed by atoms with E-state index in [1.165, 1.54) is 4.90 Å². The van der Waals surface area contributed by atoms with Gasteiger partial charge in [0.2, 0.25) is 5.91 Å². The van der Waals surface area contributed by atoms with Gasteiger partial charge in [-0.2, -0.15) is 0 Å². The van der Waals surface area contributed by atoms with Gasteiger partial charge in [-0.25, -0.2) is 13.6 Å². The summed E-state index contributed by atoms with van der Waals surface area (Å²) < 4.78 is 27.0. The van der Waals surface area contributed by atoms with Crippen molar-refractivity contribution in [3.8, 4) is 0 Å². The Morgan fingerprint density at radius 2 is 1.95 bits per heavy atom. The van der Waals surface area contributed by atoms with Crippen LogP contribution in [0.4, 0.5) is 13.6 Å². The molecule has 0 radical (unpaired) electrons. The average molecular weight is 309 g/mol. The number of urea groups is 1. The van der Waals surface area contributed by atoms with Gasteiger partial charge < -0.3 is 14.7 Å². The van der Waals surface area contributed by atoms with E-state index in [4.69, 9.17) is 0 Å². The molecule has 0 N–H and O–H groups in total. The molecular formula is C15H17F2N3O2. The molecule has 2 heterocycles. The molecule has 0 aliphatic carbocycles. The van der Waals surface area contributed by atoms with E-state index >= 15 is 0 Å². The van der Waals surface area contributed by atoms with Crippen LogP contribution in [0.1, 0.15) is 12.5 Å². The summed E-state index contributed by atoms with van der Waals surface area (Å²) in [6.07, 6.45) is 0. The highest BCUT2D eigenvalue weighted by Crippen LogP contribution is 2.26. The molecule has 1 aromatic carbocycles. The molecule has 3 amide bonds. The van der Waals surface area contributed by atoms with Crippen LogP contribution < -0.4 is 0 Å². The molecule has 0 saturated carbocycles. The predicted octanol–water partition coefficient (Wildman–Crippen LogP) is 1.43. The van der Waals surface area contributed by atoms with Crippen LogP contribution in [0.25, 0.3) is 0 Å². The number of likely N-dealkylation sites (N-methyl/N-ethyl adjacent to an activating group) is 1. The lowest BCUT2D eigenvalue weighted by atomic mass is 10.1. The third kappa shape index (κ3) is 2.30. The summed E-state index contributed by atoms with van der Waals surface area (Å²) in [6, 6.07) is 2.26. The summed E-state index contributed by atoms with van der Waals surface area (Å²) in [5, 5.41) is 0. The first-order chi connectivity index (χ1) is 10.4. The molecule has 0 bridgehead atoms. The van der Waals surface area contributed by atoms with E-state index in [2.05, 4.69) is 0 Å². The van der Waals surface area contributed by atoms with Crippen LogP contribution in [0, 0.1) is 11.6 Å². The van der Waals surface area contributed by atoms with Gasteiger partial charge in [-0.05, 0) is 25.1 Å². The van der Waals surface area contributed by atoms with Gasteiger partial charge in [0.05, 0.1) is 12.6 Å². The molecule has 118 valence electrons. The van der Waals surface area contributed by atoms with E-state index in [9.17, 15) is 18.4 Å². The van der Waals surface area contributed by atoms with E-state index in [0.717, 1.165) is 18.2 Å². The molecule has 1 aromatic rings. The number of benzene rings is 1. The lowest BCUT2D eigenvalue weighted by Gasteiger charge is -2.38. The van der Waals surface area contributed by atoms with E-state index in [-0.39, 0.29) is 30.1 Å². The number of rotatable bonds is 2. The second-order valence-corrected chi connectivity index (χ2v) is 5.85. The lowest BCUT2D eigenvalue weighted by Crippen LogP contribution is -2.58. The minimum Gasteiger partial charge on any atom is -0.342 e. The largest absolute Gasteiger partial charge is 0.342 e. The van der Waals surface area contributed by atoms with Crippen LogP contribution in [-0.2, 0) is 11.3 Å². The second kappa shape index (κ2) is 5.23. The number of hydrogen-bond donors (Lipinski definition) is 0. The van der Waals surface area contributed by atoms with E-state index < -0.39 is 17.7 Å². The van der Waals surface area contributed by atoms with Crippen LogP contribution in [0.15, 0.2) is 18.2 Å². The molecule has 2 aliphatic rings. The van der Waals surface area contributed by atoms with Crippen molar-refractivity contribution in [2.45, 2.75) is 25.6 Å². The van der Waals surface area contributed by atoms with Crippen LogP contribution >= 0.6 is 0 Å². The van der Waals surface area contributed by atoms with Gasteiger partial charge in [0.15, 0.2) is 0 Å². The highest BCUT2D eigenvalue weighted by atomic mass is 19.1. The van der Waals surface area contributed by atoms with Crippen LogP contribution in [0.2, 0.25) is 0 Å². The highest BCUT2D eigenvalue weighted by Gasteiger charge is 2.46. The first-order valence-electron chi connectivity index (χ1n) is 7.14. The van der Waals surface area contributed by atoms with Gasteiger partial charge in [0.1, 0.15) is 17.7 Å². The van der Waals surface area contributed by atoms with Gasteiger partial charge in [-0.1, -0.05) is 0 Å². The smallest absolute Gasteiger partial charge is 0.321 e. The standard InChI is InChI=1S/C15H17F2N3O2/c1-9-14(21)18(2)7-12-8-19(15(22)20(9)12)6-10-5-11(16)3-4-13(10)17/h3-5,9,12H,6-8H2,1-2H3/t9-,12+/m0/s1. The third-order valence-electron chi connectivity index (χ3n) is 4.32. The molecule has 0 unspecified atom stereocenters. The Bertz CT molecular complexity index is 637. The number of halogens is 2. The monoisotopic (exact) mass is 309 g/mol. The quantitative estimate of drug-likeness (QED) is 0.829. The minimum atomic E-state index is -0.541. The number of carbonyl (C=O) groups is 2. The zero-order valence-corrected chi connectivity index (χ0v) is 12.4. The topological polar surface area (TPSA) is 43.9 Å². The number of amides is 3. The van der Waals surface area contributed by atoms with Gasteiger partial charge >= 0.3 is 6.03 Å². The maximum Gasteiger partial charge on any atom is 0.321 e. The fourth-order valence-corrected chi connectivity index (χ4v) is 3.21. The molecule has 3 rings (SSSR count).